The highest BCUT2D eigenvalue weighted by molar-refractivity contribution is 4.90. The van der Waals surface area contributed by atoms with Crippen molar-refractivity contribution >= 4 is 0 Å². The van der Waals surface area contributed by atoms with Crippen LogP contribution in [-0.4, -0.2) is 61.0 Å². The van der Waals surface area contributed by atoms with Gasteiger partial charge in [0.15, 0.2) is 0 Å². The van der Waals surface area contributed by atoms with Gasteiger partial charge in [-0.2, -0.15) is 5.10 Å². The third kappa shape index (κ3) is 4.14. The number of rotatable bonds is 9. The zero-order valence-corrected chi connectivity index (χ0v) is 11.8. The van der Waals surface area contributed by atoms with E-state index in [1.54, 1.807) is 11.7 Å². The molecule has 1 aliphatic heterocycles. The van der Waals surface area contributed by atoms with Crippen LogP contribution in [0.5, 0.6) is 0 Å². The van der Waals surface area contributed by atoms with E-state index in [-0.39, 0.29) is 5.69 Å². The van der Waals surface area contributed by atoms with E-state index in [9.17, 15) is 4.79 Å². The average molecular weight is 286 g/mol. The SMILES string of the molecule is COCCOCCOCCn1nc2n(c1=O)CCNC2. The van der Waals surface area contributed by atoms with Crippen LogP contribution in [0.2, 0.25) is 0 Å². The van der Waals surface area contributed by atoms with Gasteiger partial charge in [0.05, 0.1) is 46.1 Å². The first-order chi connectivity index (χ1) is 9.83. The predicted octanol–water partition coefficient (Wildman–Crippen LogP) is -1.17. The minimum absolute atomic E-state index is 0.0542. The Hall–Kier alpha value is -1.22. The van der Waals surface area contributed by atoms with Crippen molar-refractivity contribution in [1.29, 1.82) is 0 Å². The summed E-state index contributed by atoms with van der Waals surface area (Å²) >= 11 is 0. The Morgan fingerprint density at radius 1 is 1.20 bits per heavy atom. The van der Waals surface area contributed by atoms with Crippen LogP contribution in [0.3, 0.4) is 0 Å². The number of aromatic nitrogens is 3. The maximum absolute atomic E-state index is 12.0. The van der Waals surface area contributed by atoms with E-state index in [4.69, 9.17) is 14.2 Å². The van der Waals surface area contributed by atoms with Crippen LogP contribution >= 0.6 is 0 Å². The molecule has 0 radical (unpaired) electrons. The minimum Gasteiger partial charge on any atom is -0.382 e. The second-order valence-electron chi connectivity index (χ2n) is 4.47. The summed E-state index contributed by atoms with van der Waals surface area (Å²) in [7, 11) is 1.64. The fourth-order valence-electron chi connectivity index (χ4n) is 1.99. The number of nitrogens with one attached hydrogen (secondary N) is 1. The van der Waals surface area contributed by atoms with E-state index >= 15 is 0 Å². The van der Waals surface area contributed by atoms with Crippen molar-refractivity contribution in [3.8, 4) is 0 Å². The molecule has 0 saturated carbocycles. The second kappa shape index (κ2) is 8.15. The normalized spacial score (nSPS) is 14.4. The Bertz CT molecular complexity index is 457. The summed E-state index contributed by atoms with van der Waals surface area (Å²) in [6, 6.07) is 0. The zero-order chi connectivity index (χ0) is 14.2. The van der Waals surface area contributed by atoms with E-state index < -0.39 is 0 Å². The lowest BCUT2D eigenvalue weighted by atomic mass is 10.4. The second-order valence-corrected chi connectivity index (χ2v) is 4.47. The van der Waals surface area contributed by atoms with Gasteiger partial charge in [0, 0.05) is 20.2 Å². The number of ether oxygens (including phenoxy) is 3. The quantitative estimate of drug-likeness (QED) is 0.576. The van der Waals surface area contributed by atoms with Gasteiger partial charge in [0.25, 0.3) is 0 Å². The maximum atomic E-state index is 12.0. The first kappa shape index (κ1) is 15.2. The molecule has 0 amide bonds. The lowest BCUT2D eigenvalue weighted by Gasteiger charge is -2.11. The predicted molar refractivity (Wildman–Crippen MR) is 71.7 cm³/mol. The highest BCUT2D eigenvalue weighted by Gasteiger charge is 2.15. The number of fused-ring (bicyclic) bond motifs is 1. The minimum atomic E-state index is -0.0542. The molecule has 1 aromatic rings. The molecule has 8 heteroatoms. The summed E-state index contributed by atoms with van der Waals surface area (Å²) < 4.78 is 18.7. The van der Waals surface area contributed by atoms with Crippen molar-refractivity contribution in [2.45, 2.75) is 19.6 Å². The lowest BCUT2D eigenvalue weighted by Crippen LogP contribution is -2.34. The van der Waals surface area contributed by atoms with E-state index in [2.05, 4.69) is 10.4 Å². The third-order valence-corrected chi connectivity index (χ3v) is 3.05. The molecule has 2 rings (SSSR count). The van der Waals surface area contributed by atoms with Gasteiger partial charge >= 0.3 is 5.69 Å². The van der Waals surface area contributed by atoms with Crippen LogP contribution in [-0.2, 0) is 33.8 Å². The van der Waals surface area contributed by atoms with Crippen molar-refractivity contribution in [3.63, 3.8) is 0 Å². The number of hydrogen-bond acceptors (Lipinski definition) is 6. The summed E-state index contributed by atoms with van der Waals surface area (Å²) in [6.45, 7) is 5.26. The molecule has 0 unspecified atom stereocenters. The molecule has 1 aliphatic rings. The Kier molecular flexibility index (Phi) is 6.19. The van der Waals surface area contributed by atoms with Crippen LogP contribution in [0.4, 0.5) is 0 Å². The van der Waals surface area contributed by atoms with Gasteiger partial charge in [0.1, 0.15) is 5.82 Å². The topological polar surface area (TPSA) is 79.5 Å². The van der Waals surface area contributed by atoms with Gasteiger partial charge in [-0.05, 0) is 0 Å². The summed E-state index contributed by atoms with van der Waals surface area (Å²) in [5, 5.41) is 7.47. The van der Waals surface area contributed by atoms with Crippen LogP contribution < -0.4 is 11.0 Å². The lowest BCUT2D eigenvalue weighted by molar-refractivity contribution is 0.0223. The largest absolute Gasteiger partial charge is 0.382 e. The van der Waals surface area contributed by atoms with Crippen LogP contribution in [0.25, 0.3) is 0 Å². The third-order valence-electron chi connectivity index (χ3n) is 3.05. The first-order valence-corrected chi connectivity index (χ1v) is 6.84. The van der Waals surface area contributed by atoms with Gasteiger partial charge in [-0.3, -0.25) is 4.57 Å². The molecule has 0 fully saturated rings. The molecular weight excluding hydrogens is 264 g/mol. The summed E-state index contributed by atoms with van der Waals surface area (Å²) in [6.07, 6.45) is 0. The van der Waals surface area contributed by atoms with Gasteiger partial charge in [-0.25, -0.2) is 9.48 Å². The molecule has 0 spiro atoms. The molecule has 0 atom stereocenters. The molecule has 0 saturated heterocycles. The Balaban J connectivity index is 1.65. The maximum Gasteiger partial charge on any atom is 0.346 e. The molecule has 1 N–H and O–H groups in total. The van der Waals surface area contributed by atoms with Gasteiger partial charge in [-0.1, -0.05) is 0 Å². The molecule has 20 heavy (non-hydrogen) atoms. The summed E-state index contributed by atoms with van der Waals surface area (Å²) in [4.78, 5) is 12.0. The Morgan fingerprint density at radius 2 is 1.95 bits per heavy atom. The van der Waals surface area contributed by atoms with Crippen molar-refractivity contribution in [1.82, 2.24) is 19.7 Å². The van der Waals surface area contributed by atoms with Crippen molar-refractivity contribution in [2.24, 2.45) is 0 Å². The molecule has 0 aliphatic carbocycles. The fraction of sp³-hybridized carbons (Fsp3) is 0.833. The van der Waals surface area contributed by atoms with Crippen LogP contribution in [0, 0.1) is 0 Å². The molecule has 0 aromatic carbocycles. The Labute approximate surface area is 117 Å². The highest BCUT2D eigenvalue weighted by atomic mass is 16.5. The van der Waals surface area contributed by atoms with E-state index in [0.29, 0.717) is 52.7 Å². The number of hydrogen-bond donors (Lipinski definition) is 1. The average Bonchev–Trinajstić information content (AvgIpc) is 2.79. The molecule has 8 nitrogen and oxygen atoms in total. The van der Waals surface area contributed by atoms with Crippen LogP contribution in [0.1, 0.15) is 5.82 Å². The van der Waals surface area contributed by atoms with Gasteiger partial charge < -0.3 is 19.5 Å². The summed E-state index contributed by atoms with van der Waals surface area (Å²) in [5.41, 5.74) is -0.0542. The van der Waals surface area contributed by atoms with E-state index in [1.165, 1.54) is 4.68 Å². The standard InChI is InChI=1S/C12H22N4O4/c1-18-6-7-20-9-8-19-5-4-16-12(17)15-3-2-13-10-11(15)14-16/h13H,2-10H2,1H3. The monoisotopic (exact) mass is 286 g/mol. The summed E-state index contributed by atoms with van der Waals surface area (Å²) in [5.74, 6) is 0.796. The van der Waals surface area contributed by atoms with Gasteiger partial charge in [0.2, 0.25) is 0 Å². The Morgan fingerprint density at radius 3 is 2.70 bits per heavy atom. The molecule has 114 valence electrons. The molecular formula is C12H22N4O4. The van der Waals surface area contributed by atoms with E-state index in [0.717, 1.165) is 12.4 Å². The molecule has 1 aromatic heterocycles. The smallest absolute Gasteiger partial charge is 0.346 e. The zero-order valence-electron chi connectivity index (χ0n) is 11.8. The highest BCUT2D eigenvalue weighted by Crippen LogP contribution is 1.97. The van der Waals surface area contributed by atoms with Crippen molar-refractivity contribution in [2.75, 3.05) is 46.7 Å². The molecule has 0 bridgehead atoms. The van der Waals surface area contributed by atoms with Crippen LogP contribution in [0.15, 0.2) is 4.79 Å². The van der Waals surface area contributed by atoms with Gasteiger partial charge in [-0.15, -0.1) is 0 Å². The number of nitrogens with zero attached hydrogens (tertiary/aromatic N) is 3. The first-order valence-electron chi connectivity index (χ1n) is 6.84. The van der Waals surface area contributed by atoms with Crippen molar-refractivity contribution in [3.05, 3.63) is 16.3 Å². The number of methoxy groups -OCH3 is 1. The molecule has 2 heterocycles. The van der Waals surface area contributed by atoms with E-state index in [1.807, 2.05) is 0 Å². The van der Waals surface area contributed by atoms with Crippen molar-refractivity contribution < 1.29 is 14.2 Å². The fourth-order valence-corrected chi connectivity index (χ4v) is 1.99.